The van der Waals surface area contributed by atoms with Gasteiger partial charge in [-0.15, -0.1) is 22.7 Å². The molecule has 1 spiro atoms. The van der Waals surface area contributed by atoms with Crippen LogP contribution in [0.1, 0.15) is 21.8 Å². The molecule has 0 unspecified atom stereocenters. The molecule has 0 saturated carbocycles. The van der Waals surface area contributed by atoms with Gasteiger partial charge in [-0.05, 0) is 17.9 Å². The second kappa shape index (κ2) is 8.18. The number of carboxylic acid groups (broad SMARTS) is 1. The third kappa shape index (κ3) is 4.89. The number of aliphatic carboxylic acids is 1. The van der Waals surface area contributed by atoms with Crippen LogP contribution in [0.4, 0.5) is 13.2 Å². The van der Waals surface area contributed by atoms with Crippen LogP contribution in [0.15, 0.2) is 28.4 Å². The molecule has 0 aliphatic carbocycles. The number of alkyl halides is 3. The van der Waals surface area contributed by atoms with Crippen molar-refractivity contribution in [2.75, 3.05) is 26.2 Å². The third-order valence-electron chi connectivity index (χ3n) is 4.70. The number of halogens is 3. The molecule has 2 aliphatic heterocycles. The Labute approximate surface area is 167 Å². The number of hydrogen-bond acceptors (Lipinski definition) is 6. The number of thiophene rings is 1. The third-order valence-corrected chi connectivity index (χ3v) is 6.14. The lowest BCUT2D eigenvalue weighted by Gasteiger charge is -2.48. The topological polar surface area (TPSA) is 73.7 Å². The second-order valence-corrected chi connectivity index (χ2v) is 8.63. The summed E-state index contributed by atoms with van der Waals surface area (Å²) in [5.41, 5.74) is 2.67. The predicted octanol–water partition coefficient (Wildman–Crippen LogP) is 3.19. The maximum absolute atomic E-state index is 12.3. The normalized spacial score (nSPS) is 18.5. The number of hydrogen-bond donors (Lipinski definition) is 1. The monoisotopic (exact) mass is 433 g/mol. The van der Waals surface area contributed by atoms with Gasteiger partial charge in [-0.2, -0.15) is 13.2 Å². The molecule has 1 N–H and O–H groups in total. The number of likely N-dealkylation sites (tertiary alicyclic amines) is 2. The molecular weight excluding hydrogens is 415 g/mol. The lowest BCUT2D eigenvalue weighted by molar-refractivity contribution is -0.192. The highest BCUT2D eigenvalue weighted by Crippen LogP contribution is 2.40. The van der Waals surface area contributed by atoms with E-state index in [0.717, 1.165) is 39.1 Å². The van der Waals surface area contributed by atoms with E-state index in [4.69, 9.17) is 9.90 Å². The number of carboxylic acids is 1. The molecule has 2 aromatic heterocycles. The van der Waals surface area contributed by atoms with Crippen molar-refractivity contribution in [2.24, 2.45) is 5.41 Å². The minimum absolute atomic E-state index is 0.102. The van der Waals surface area contributed by atoms with Gasteiger partial charge in [0, 0.05) is 48.4 Å². The van der Waals surface area contributed by atoms with E-state index in [9.17, 15) is 18.0 Å². The standard InChI is InChI=1S/C15H17N3OS2.C2HF3O2/c19-14(13-7-20-11-16-13)18-4-3-15(10-18)8-17(9-15)6-12-2-1-5-21-12;3-2(4,5)1(6)7/h1-2,5,7,11H,3-4,6,8-10H2;(H,6,7). The molecule has 0 radical (unpaired) electrons. The molecule has 152 valence electrons. The average molecular weight is 433 g/mol. The summed E-state index contributed by atoms with van der Waals surface area (Å²) in [6.45, 7) is 5.06. The van der Waals surface area contributed by atoms with Crippen molar-refractivity contribution < 1.29 is 27.9 Å². The minimum Gasteiger partial charge on any atom is -0.475 e. The van der Waals surface area contributed by atoms with E-state index in [2.05, 4.69) is 27.4 Å². The molecule has 1 amide bonds. The summed E-state index contributed by atoms with van der Waals surface area (Å²) in [4.78, 5) is 31.3. The summed E-state index contributed by atoms with van der Waals surface area (Å²) in [5, 5.41) is 11.1. The van der Waals surface area contributed by atoms with E-state index < -0.39 is 12.1 Å². The first-order valence-corrected chi connectivity index (χ1v) is 10.2. The summed E-state index contributed by atoms with van der Waals surface area (Å²) in [5.74, 6) is -2.66. The summed E-state index contributed by atoms with van der Waals surface area (Å²) < 4.78 is 31.7. The van der Waals surface area contributed by atoms with Crippen LogP contribution in [0.25, 0.3) is 0 Å². The maximum Gasteiger partial charge on any atom is 0.490 e. The highest BCUT2D eigenvalue weighted by molar-refractivity contribution is 7.09. The number of amides is 1. The lowest BCUT2D eigenvalue weighted by Crippen LogP contribution is -2.57. The summed E-state index contributed by atoms with van der Waals surface area (Å²) in [6.07, 6.45) is -3.95. The quantitative estimate of drug-likeness (QED) is 0.805. The summed E-state index contributed by atoms with van der Waals surface area (Å²) in [7, 11) is 0. The van der Waals surface area contributed by atoms with Gasteiger partial charge < -0.3 is 10.0 Å². The molecule has 0 bridgehead atoms. The molecule has 0 atom stereocenters. The fourth-order valence-electron chi connectivity index (χ4n) is 3.48. The van der Waals surface area contributed by atoms with Crippen LogP contribution >= 0.6 is 22.7 Å². The number of aromatic nitrogens is 1. The Kier molecular flexibility index (Phi) is 6.06. The Morgan fingerprint density at radius 2 is 2.00 bits per heavy atom. The molecular formula is C17H18F3N3O3S2. The smallest absolute Gasteiger partial charge is 0.475 e. The fourth-order valence-corrected chi connectivity index (χ4v) is 4.76. The first-order valence-electron chi connectivity index (χ1n) is 8.41. The molecule has 4 heterocycles. The van der Waals surface area contributed by atoms with Gasteiger partial charge in [-0.3, -0.25) is 9.69 Å². The first kappa shape index (κ1) is 20.7. The van der Waals surface area contributed by atoms with E-state index in [1.54, 1.807) is 5.51 Å². The van der Waals surface area contributed by atoms with Crippen LogP contribution < -0.4 is 0 Å². The van der Waals surface area contributed by atoms with E-state index in [0.29, 0.717) is 11.1 Å². The number of rotatable bonds is 3. The van der Waals surface area contributed by atoms with Gasteiger partial charge in [0.25, 0.3) is 5.91 Å². The fraction of sp³-hybridized carbons (Fsp3) is 0.471. The molecule has 6 nitrogen and oxygen atoms in total. The van der Waals surface area contributed by atoms with E-state index >= 15 is 0 Å². The van der Waals surface area contributed by atoms with Gasteiger partial charge in [0.1, 0.15) is 5.69 Å². The van der Waals surface area contributed by atoms with Gasteiger partial charge in [0.2, 0.25) is 0 Å². The Balaban J connectivity index is 0.000000279. The molecule has 0 aromatic carbocycles. The van der Waals surface area contributed by atoms with Crippen LogP contribution in [-0.4, -0.2) is 64.1 Å². The Morgan fingerprint density at radius 3 is 2.54 bits per heavy atom. The molecule has 2 fully saturated rings. The molecule has 28 heavy (non-hydrogen) atoms. The minimum atomic E-state index is -5.08. The Bertz CT molecular complexity index is 803. The zero-order valence-corrected chi connectivity index (χ0v) is 16.3. The van der Waals surface area contributed by atoms with Gasteiger partial charge in [0.15, 0.2) is 0 Å². The SMILES string of the molecule is O=C(O)C(F)(F)F.O=C(c1cscn1)N1CCC2(CN(Cc3cccs3)C2)C1. The zero-order valence-electron chi connectivity index (χ0n) is 14.7. The molecule has 2 aromatic rings. The average Bonchev–Trinajstić information content (AvgIpc) is 3.35. The Morgan fingerprint density at radius 1 is 1.29 bits per heavy atom. The van der Waals surface area contributed by atoms with Gasteiger partial charge in [-0.1, -0.05) is 6.07 Å². The first-order chi connectivity index (χ1) is 13.2. The van der Waals surface area contributed by atoms with Crippen LogP contribution in [0.2, 0.25) is 0 Å². The number of nitrogens with zero attached hydrogens (tertiary/aromatic N) is 3. The van der Waals surface area contributed by atoms with E-state index in [1.165, 1.54) is 16.2 Å². The van der Waals surface area contributed by atoms with Crippen LogP contribution in [0.3, 0.4) is 0 Å². The second-order valence-electron chi connectivity index (χ2n) is 6.88. The highest BCUT2D eigenvalue weighted by Gasteiger charge is 2.48. The van der Waals surface area contributed by atoms with Crippen molar-refractivity contribution in [2.45, 2.75) is 19.1 Å². The number of carbonyl (C=O) groups excluding carboxylic acids is 1. The van der Waals surface area contributed by atoms with Gasteiger partial charge in [-0.25, -0.2) is 9.78 Å². The largest absolute Gasteiger partial charge is 0.490 e. The number of carbonyl (C=O) groups is 2. The van der Waals surface area contributed by atoms with Crippen LogP contribution in [-0.2, 0) is 11.3 Å². The molecule has 4 rings (SSSR count). The van der Waals surface area contributed by atoms with Crippen molar-refractivity contribution in [3.63, 3.8) is 0 Å². The number of thiazole rings is 1. The van der Waals surface area contributed by atoms with Crippen molar-refractivity contribution in [1.82, 2.24) is 14.8 Å². The summed E-state index contributed by atoms with van der Waals surface area (Å²) >= 11 is 3.31. The Hall–Kier alpha value is -1.98. The van der Waals surface area contributed by atoms with E-state index in [1.807, 2.05) is 21.6 Å². The van der Waals surface area contributed by atoms with Crippen molar-refractivity contribution >= 4 is 34.6 Å². The highest BCUT2D eigenvalue weighted by atomic mass is 32.1. The van der Waals surface area contributed by atoms with Crippen LogP contribution in [0, 0.1) is 5.41 Å². The summed E-state index contributed by atoms with van der Waals surface area (Å²) in [6, 6.07) is 4.31. The molecule has 11 heteroatoms. The zero-order chi connectivity index (χ0) is 20.4. The molecule has 2 aliphatic rings. The maximum atomic E-state index is 12.3. The van der Waals surface area contributed by atoms with Gasteiger partial charge >= 0.3 is 12.1 Å². The molecule has 2 saturated heterocycles. The van der Waals surface area contributed by atoms with Crippen molar-refractivity contribution in [1.29, 1.82) is 0 Å². The van der Waals surface area contributed by atoms with E-state index in [-0.39, 0.29) is 5.91 Å². The lowest BCUT2D eigenvalue weighted by atomic mass is 9.79. The van der Waals surface area contributed by atoms with Gasteiger partial charge in [0.05, 0.1) is 5.51 Å². The van der Waals surface area contributed by atoms with Crippen molar-refractivity contribution in [3.8, 4) is 0 Å². The van der Waals surface area contributed by atoms with Crippen LogP contribution in [0.5, 0.6) is 0 Å². The predicted molar refractivity (Wildman–Crippen MR) is 98.4 cm³/mol. The van der Waals surface area contributed by atoms with Crippen molar-refractivity contribution in [3.05, 3.63) is 39.0 Å².